The lowest BCUT2D eigenvalue weighted by atomic mass is 9.92. The molecule has 2 aliphatic rings. The molecule has 1 aromatic rings. The van der Waals surface area contributed by atoms with Crippen molar-refractivity contribution in [3.05, 3.63) is 24.3 Å². The summed E-state index contributed by atoms with van der Waals surface area (Å²) < 4.78 is 5.20. The Bertz CT molecular complexity index is 768. The molecule has 0 bridgehead atoms. The minimum Gasteiger partial charge on any atom is -0.497 e. The highest BCUT2D eigenvalue weighted by atomic mass is 16.5. The lowest BCUT2D eigenvalue weighted by Gasteiger charge is -2.40. The fourth-order valence-electron chi connectivity index (χ4n) is 4.48. The maximum Gasteiger partial charge on any atom is 0.340 e. The lowest BCUT2D eigenvalue weighted by molar-refractivity contribution is -0.164. The normalized spacial score (nSPS) is 17.9. The summed E-state index contributed by atoms with van der Waals surface area (Å²) in [6.45, 7) is 0.785. The number of amides is 4. The highest BCUT2D eigenvalue weighted by molar-refractivity contribution is 5.91. The molecule has 170 valence electrons. The number of hydrogen-bond acceptors (Lipinski definition) is 5. The van der Waals surface area contributed by atoms with E-state index in [0.717, 1.165) is 38.5 Å². The number of methoxy groups -OCH3 is 1. The summed E-state index contributed by atoms with van der Waals surface area (Å²) in [7, 11) is 1.56. The Morgan fingerprint density at radius 2 is 1.94 bits per heavy atom. The number of hydrazine groups is 1. The van der Waals surface area contributed by atoms with E-state index in [1.54, 1.807) is 31.4 Å². The van der Waals surface area contributed by atoms with Gasteiger partial charge in [0.1, 0.15) is 5.75 Å². The van der Waals surface area contributed by atoms with Crippen LogP contribution in [0.2, 0.25) is 0 Å². The molecular formula is C22H32N4O5. The van der Waals surface area contributed by atoms with E-state index in [9.17, 15) is 19.6 Å². The number of hydrogen-bond donors (Lipinski definition) is 2. The molecule has 1 aromatic carbocycles. The average molecular weight is 433 g/mol. The van der Waals surface area contributed by atoms with Gasteiger partial charge in [-0.3, -0.25) is 14.8 Å². The van der Waals surface area contributed by atoms with Crippen molar-refractivity contribution in [2.75, 3.05) is 32.1 Å². The van der Waals surface area contributed by atoms with Crippen LogP contribution in [0.1, 0.15) is 44.9 Å². The van der Waals surface area contributed by atoms with Crippen molar-refractivity contribution in [1.29, 1.82) is 0 Å². The largest absolute Gasteiger partial charge is 0.497 e. The Balaban J connectivity index is 1.73. The van der Waals surface area contributed by atoms with Crippen molar-refractivity contribution < 1.29 is 24.3 Å². The van der Waals surface area contributed by atoms with Gasteiger partial charge in [0, 0.05) is 24.8 Å². The van der Waals surface area contributed by atoms with Gasteiger partial charge in [0.25, 0.3) is 0 Å². The summed E-state index contributed by atoms with van der Waals surface area (Å²) in [5.74, 6) is 0.243. The van der Waals surface area contributed by atoms with Crippen LogP contribution in [-0.4, -0.2) is 65.4 Å². The van der Waals surface area contributed by atoms with Gasteiger partial charge in [-0.05, 0) is 37.3 Å². The summed E-state index contributed by atoms with van der Waals surface area (Å²) in [5, 5.41) is 16.0. The smallest absolute Gasteiger partial charge is 0.340 e. The van der Waals surface area contributed by atoms with Crippen LogP contribution in [0.4, 0.5) is 10.5 Å². The zero-order chi connectivity index (χ0) is 22.2. The van der Waals surface area contributed by atoms with E-state index < -0.39 is 11.9 Å². The molecule has 0 aromatic heterocycles. The van der Waals surface area contributed by atoms with Gasteiger partial charge in [-0.15, -0.1) is 0 Å². The molecular weight excluding hydrogens is 400 g/mol. The number of carbonyl (C=O) groups is 3. The van der Waals surface area contributed by atoms with Crippen molar-refractivity contribution >= 4 is 24.0 Å². The summed E-state index contributed by atoms with van der Waals surface area (Å²) in [5.41, 5.74) is 0.576. The number of ether oxygens (including phenoxy) is 1. The minimum absolute atomic E-state index is 0.0688. The molecule has 0 radical (unpaired) electrons. The molecule has 31 heavy (non-hydrogen) atoms. The van der Waals surface area contributed by atoms with Crippen LogP contribution in [0.15, 0.2) is 24.3 Å². The minimum atomic E-state index is -0.552. The molecule has 0 spiro atoms. The first kappa shape index (κ1) is 22.9. The second kappa shape index (κ2) is 11.0. The van der Waals surface area contributed by atoms with Gasteiger partial charge in [-0.25, -0.2) is 19.9 Å². The average Bonchev–Trinajstić information content (AvgIpc) is 3.31. The molecule has 1 saturated carbocycles. The van der Waals surface area contributed by atoms with Gasteiger partial charge in [0.05, 0.1) is 19.6 Å². The number of anilines is 1. The van der Waals surface area contributed by atoms with Crippen molar-refractivity contribution in [2.24, 2.45) is 11.8 Å². The Hall–Kier alpha value is -2.81. The number of hydroxylamine groups is 2. The lowest BCUT2D eigenvalue weighted by Crippen LogP contribution is -2.57. The second-order valence-electron chi connectivity index (χ2n) is 8.26. The Labute approximate surface area is 182 Å². The third kappa shape index (κ3) is 6.10. The van der Waals surface area contributed by atoms with Crippen molar-refractivity contribution in [1.82, 2.24) is 15.1 Å². The number of rotatable bonds is 8. The van der Waals surface area contributed by atoms with Crippen LogP contribution in [0.3, 0.4) is 0 Å². The van der Waals surface area contributed by atoms with Crippen molar-refractivity contribution in [3.8, 4) is 5.75 Å². The fraction of sp³-hybridized carbons (Fsp3) is 0.591. The van der Waals surface area contributed by atoms with Crippen molar-refractivity contribution in [3.63, 3.8) is 0 Å². The molecule has 9 nitrogen and oxygen atoms in total. The van der Waals surface area contributed by atoms with Crippen LogP contribution in [0.5, 0.6) is 5.75 Å². The van der Waals surface area contributed by atoms with Gasteiger partial charge in [-0.1, -0.05) is 31.7 Å². The molecule has 1 aliphatic carbocycles. The molecule has 0 unspecified atom stereocenters. The van der Waals surface area contributed by atoms with Gasteiger partial charge in [0.2, 0.25) is 12.3 Å². The van der Waals surface area contributed by atoms with E-state index in [-0.39, 0.29) is 12.5 Å². The molecule has 1 saturated heterocycles. The maximum atomic E-state index is 13.4. The predicted molar refractivity (Wildman–Crippen MR) is 114 cm³/mol. The highest BCUT2D eigenvalue weighted by Crippen LogP contribution is 2.32. The van der Waals surface area contributed by atoms with Gasteiger partial charge >= 0.3 is 6.03 Å². The molecule has 2 fully saturated rings. The third-order valence-electron chi connectivity index (χ3n) is 6.06. The first-order valence-electron chi connectivity index (χ1n) is 11.0. The van der Waals surface area contributed by atoms with E-state index in [2.05, 4.69) is 5.32 Å². The highest BCUT2D eigenvalue weighted by Gasteiger charge is 2.35. The van der Waals surface area contributed by atoms with E-state index in [1.807, 2.05) is 0 Å². The SMILES string of the molecule is COc1cccc(NC(=O)N2CCCCN2C(=O)[C@H](CC2CCCC2)CN(O)C=O)c1. The Morgan fingerprint density at radius 3 is 2.61 bits per heavy atom. The zero-order valence-corrected chi connectivity index (χ0v) is 18.0. The quantitative estimate of drug-likeness (QED) is 0.373. The molecule has 1 aliphatic heterocycles. The van der Waals surface area contributed by atoms with Gasteiger partial charge in [0.15, 0.2) is 0 Å². The van der Waals surface area contributed by atoms with E-state index in [1.165, 1.54) is 10.0 Å². The third-order valence-corrected chi connectivity index (χ3v) is 6.06. The van der Waals surface area contributed by atoms with Gasteiger partial charge < -0.3 is 10.1 Å². The topological polar surface area (TPSA) is 102 Å². The van der Waals surface area contributed by atoms with E-state index in [0.29, 0.717) is 48.3 Å². The molecule has 3 rings (SSSR count). The Morgan fingerprint density at radius 1 is 1.23 bits per heavy atom. The first-order chi connectivity index (χ1) is 15.0. The van der Waals surface area contributed by atoms with E-state index in [4.69, 9.17) is 4.74 Å². The van der Waals surface area contributed by atoms with Crippen LogP contribution in [-0.2, 0) is 9.59 Å². The summed E-state index contributed by atoms with van der Waals surface area (Å²) in [4.78, 5) is 37.4. The number of urea groups is 1. The van der Waals surface area contributed by atoms with Crippen LogP contribution < -0.4 is 10.1 Å². The van der Waals surface area contributed by atoms with E-state index >= 15 is 0 Å². The van der Waals surface area contributed by atoms with Crippen LogP contribution in [0.25, 0.3) is 0 Å². The standard InChI is InChI=1S/C22H32N4O5/c1-31-20-10-6-9-19(14-20)23-22(29)26-12-5-4-11-25(26)21(28)18(15-24(30)16-27)13-17-7-2-3-8-17/h6,9-10,14,16-18,30H,2-5,7-8,11-13,15H2,1H3,(H,23,29)/t18-/m1/s1. The van der Waals surface area contributed by atoms with Crippen LogP contribution in [0, 0.1) is 11.8 Å². The fourth-order valence-corrected chi connectivity index (χ4v) is 4.48. The predicted octanol–water partition coefficient (Wildman–Crippen LogP) is 3.11. The summed E-state index contributed by atoms with van der Waals surface area (Å²) in [6, 6.07) is 6.64. The molecule has 1 atom stereocenters. The van der Waals surface area contributed by atoms with Crippen LogP contribution >= 0.6 is 0 Å². The molecule has 1 heterocycles. The first-order valence-corrected chi connectivity index (χ1v) is 11.0. The van der Waals surface area contributed by atoms with Crippen molar-refractivity contribution in [2.45, 2.75) is 44.9 Å². The number of nitrogens with zero attached hydrogens (tertiary/aromatic N) is 3. The zero-order valence-electron chi connectivity index (χ0n) is 18.0. The summed E-state index contributed by atoms with van der Waals surface area (Å²) >= 11 is 0. The molecule has 2 N–H and O–H groups in total. The number of benzene rings is 1. The summed E-state index contributed by atoms with van der Waals surface area (Å²) in [6.07, 6.45) is 6.89. The molecule has 4 amide bonds. The maximum absolute atomic E-state index is 13.4. The number of carbonyl (C=O) groups excluding carboxylic acids is 3. The Kier molecular flexibility index (Phi) is 8.11. The monoisotopic (exact) mass is 432 g/mol. The number of nitrogens with one attached hydrogen (secondary N) is 1. The second-order valence-corrected chi connectivity index (χ2v) is 8.26. The van der Waals surface area contributed by atoms with Gasteiger partial charge in [-0.2, -0.15) is 0 Å². The molecule has 9 heteroatoms.